The number of nitrogens with zero attached hydrogens (tertiary/aromatic N) is 1. The summed E-state index contributed by atoms with van der Waals surface area (Å²) < 4.78 is 10.9. The molecule has 0 aliphatic carbocycles. The summed E-state index contributed by atoms with van der Waals surface area (Å²) in [5.74, 6) is 0. The Kier molecular flexibility index (Phi) is 3.94. The lowest BCUT2D eigenvalue weighted by molar-refractivity contribution is -0.180. The van der Waals surface area contributed by atoms with Crippen LogP contribution >= 0.6 is 11.6 Å². The Labute approximate surface area is 94.4 Å². The molecule has 1 aromatic rings. The fraction of sp³-hybridized carbons (Fsp3) is 0.545. The van der Waals surface area contributed by atoms with Gasteiger partial charge in [-0.25, -0.2) is 4.98 Å². The molecule has 15 heavy (non-hydrogen) atoms. The summed E-state index contributed by atoms with van der Waals surface area (Å²) in [6.07, 6.45) is 4.45. The van der Waals surface area contributed by atoms with E-state index in [0.717, 1.165) is 32.5 Å². The smallest absolute Gasteiger partial charge is 0.157 e. The van der Waals surface area contributed by atoms with Gasteiger partial charge >= 0.3 is 0 Å². The highest BCUT2D eigenvalue weighted by Crippen LogP contribution is 2.14. The molecule has 3 nitrogen and oxygen atoms in total. The molecule has 82 valence electrons. The maximum absolute atomic E-state index is 5.79. The van der Waals surface area contributed by atoms with Gasteiger partial charge in [-0.1, -0.05) is 11.6 Å². The summed E-state index contributed by atoms with van der Waals surface area (Å²) in [5, 5.41) is 0.540. The van der Waals surface area contributed by atoms with E-state index in [2.05, 4.69) is 4.98 Å². The predicted octanol–water partition coefficient (Wildman–Crippen LogP) is 2.43. The number of hydrogen-bond donors (Lipinski definition) is 0. The first-order chi connectivity index (χ1) is 7.34. The van der Waals surface area contributed by atoms with Gasteiger partial charge in [-0.3, -0.25) is 0 Å². The Morgan fingerprint density at radius 1 is 1.40 bits per heavy atom. The van der Waals surface area contributed by atoms with Crippen molar-refractivity contribution >= 4 is 11.6 Å². The van der Waals surface area contributed by atoms with Gasteiger partial charge in [0.25, 0.3) is 0 Å². The van der Waals surface area contributed by atoms with Crippen LogP contribution in [0.2, 0.25) is 5.15 Å². The van der Waals surface area contributed by atoms with E-state index < -0.39 is 0 Å². The van der Waals surface area contributed by atoms with Crippen LogP contribution in [-0.4, -0.2) is 24.5 Å². The zero-order valence-corrected chi connectivity index (χ0v) is 9.24. The van der Waals surface area contributed by atoms with E-state index in [4.69, 9.17) is 21.1 Å². The molecule has 1 saturated heterocycles. The van der Waals surface area contributed by atoms with Gasteiger partial charge in [0.05, 0.1) is 13.2 Å². The Bertz CT molecular complexity index is 313. The van der Waals surface area contributed by atoms with Gasteiger partial charge in [0.2, 0.25) is 0 Å². The Hall–Kier alpha value is -0.640. The second-order valence-electron chi connectivity index (χ2n) is 3.55. The highest BCUT2D eigenvalue weighted by atomic mass is 35.5. The lowest BCUT2D eigenvalue weighted by atomic mass is 10.1. The van der Waals surface area contributed by atoms with Crippen molar-refractivity contribution in [3.8, 4) is 0 Å². The highest BCUT2D eigenvalue weighted by Gasteiger charge is 2.13. The lowest BCUT2D eigenvalue weighted by Crippen LogP contribution is -2.25. The first kappa shape index (κ1) is 10.9. The highest BCUT2D eigenvalue weighted by molar-refractivity contribution is 6.29. The van der Waals surface area contributed by atoms with E-state index in [1.807, 2.05) is 12.1 Å². The van der Waals surface area contributed by atoms with Crippen molar-refractivity contribution in [3.05, 3.63) is 29.0 Å². The molecular weight excluding hydrogens is 214 g/mol. The van der Waals surface area contributed by atoms with Crippen LogP contribution in [0.15, 0.2) is 18.3 Å². The second-order valence-corrected chi connectivity index (χ2v) is 3.94. The molecule has 0 bridgehead atoms. The van der Waals surface area contributed by atoms with Crippen LogP contribution in [-0.2, 0) is 15.9 Å². The lowest BCUT2D eigenvalue weighted by Gasteiger charge is -2.23. The van der Waals surface area contributed by atoms with Crippen LogP contribution in [0.3, 0.4) is 0 Å². The number of pyridine rings is 1. The summed E-state index contributed by atoms with van der Waals surface area (Å²) in [7, 11) is 0. The van der Waals surface area contributed by atoms with E-state index in [9.17, 15) is 0 Å². The van der Waals surface area contributed by atoms with E-state index >= 15 is 0 Å². The molecule has 0 atom stereocenters. The molecule has 0 unspecified atom stereocenters. The molecule has 1 aromatic heterocycles. The quantitative estimate of drug-likeness (QED) is 0.744. The fourth-order valence-electron chi connectivity index (χ4n) is 1.59. The van der Waals surface area contributed by atoms with Gasteiger partial charge in [-0.05, 0) is 30.5 Å². The molecule has 0 aromatic carbocycles. The fourth-order valence-corrected chi connectivity index (χ4v) is 1.78. The molecule has 2 heterocycles. The first-order valence-corrected chi connectivity index (χ1v) is 5.56. The number of ether oxygens (including phenoxy) is 2. The SMILES string of the molecule is Clc1cc(CCC2OCCCO2)ccn1. The van der Waals surface area contributed by atoms with Crippen LogP contribution in [0.25, 0.3) is 0 Å². The van der Waals surface area contributed by atoms with Gasteiger partial charge in [0, 0.05) is 12.6 Å². The molecule has 2 rings (SSSR count). The first-order valence-electron chi connectivity index (χ1n) is 5.18. The minimum absolute atomic E-state index is 0.0503. The monoisotopic (exact) mass is 227 g/mol. The second kappa shape index (κ2) is 5.45. The molecule has 0 saturated carbocycles. The summed E-state index contributed by atoms with van der Waals surface area (Å²) in [5.41, 5.74) is 1.17. The van der Waals surface area contributed by atoms with Crippen LogP contribution in [0.1, 0.15) is 18.4 Å². The molecule has 0 N–H and O–H groups in total. The maximum atomic E-state index is 5.79. The van der Waals surface area contributed by atoms with E-state index in [1.54, 1.807) is 6.20 Å². The van der Waals surface area contributed by atoms with E-state index in [-0.39, 0.29) is 6.29 Å². The molecule has 0 amide bonds. The standard InChI is InChI=1S/C11H14ClNO2/c12-10-8-9(4-5-13-10)2-3-11-14-6-1-7-15-11/h4-5,8,11H,1-3,6-7H2. The molecular formula is C11H14ClNO2. The minimum Gasteiger partial charge on any atom is -0.353 e. The van der Waals surface area contributed by atoms with Crippen molar-refractivity contribution in [1.29, 1.82) is 0 Å². The van der Waals surface area contributed by atoms with Crippen molar-refractivity contribution in [2.45, 2.75) is 25.6 Å². The molecule has 1 aliphatic rings. The largest absolute Gasteiger partial charge is 0.353 e. The van der Waals surface area contributed by atoms with Gasteiger partial charge < -0.3 is 9.47 Å². The van der Waals surface area contributed by atoms with Gasteiger partial charge in [-0.15, -0.1) is 0 Å². The predicted molar refractivity (Wildman–Crippen MR) is 57.9 cm³/mol. The van der Waals surface area contributed by atoms with Gasteiger partial charge in [0.15, 0.2) is 6.29 Å². The zero-order valence-electron chi connectivity index (χ0n) is 8.49. The third-order valence-corrected chi connectivity index (χ3v) is 2.56. The number of aromatic nitrogens is 1. The average molecular weight is 228 g/mol. The van der Waals surface area contributed by atoms with Crippen molar-refractivity contribution in [3.63, 3.8) is 0 Å². The molecule has 4 heteroatoms. The summed E-state index contributed by atoms with van der Waals surface area (Å²) in [6, 6.07) is 3.85. The third kappa shape index (κ3) is 3.45. The summed E-state index contributed by atoms with van der Waals surface area (Å²) in [6.45, 7) is 1.61. The maximum Gasteiger partial charge on any atom is 0.157 e. The molecule has 0 radical (unpaired) electrons. The molecule has 1 aliphatic heterocycles. The zero-order chi connectivity index (χ0) is 10.5. The third-order valence-electron chi connectivity index (χ3n) is 2.36. The van der Waals surface area contributed by atoms with Gasteiger partial charge in [-0.2, -0.15) is 0 Å². The van der Waals surface area contributed by atoms with Crippen molar-refractivity contribution < 1.29 is 9.47 Å². The number of aryl methyl sites for hydroxylation is 1. The Morgan fingerprint density at radius 3 is 2.93 bits per heavy atom. The number of hydrogen-bond acceptors (Lipinski definition) is 3. The van der Waals surface area contributed by atoms with Crippen LogP contribution < -0.4 is 0 Å². The average Bonchev–Trinajstić information content (AvgIpc) is 2.28. The Balaban J connectivity index is 1.81. The Morgan fingerprint density at radius 2 is 2.20 bits per heavy atom. The van der Waals surface area contributed by atoms with Crippen LogP contribution in [0.4, 0.5) is 0 Å². The molecule has 0 spiro atoms. The number of rotatable bonds is 3. The van der Waals surface area contributed by atoms with Gasteiger partial charge in [0.1, 0.15) is 5.15 Å². The number of halogens is 1. The topological polar surface area (TPSA) is 31.4 Å². The van der Waals surface area contributed by atoms with E-state index in [1.165, 1.54) is 5.56 Å². The van der Waals surface area contributed by atoms with Crippen LogP contribution in [0, 0.1) is 0 Å². The summed E-state index contributed by atoms with van der Waals surface area (Å²) >= 11 is 5.79. The molecule has 1 fully saturated rings. The van der Waals surface area contributed by atoms with Crippen molar-refractivity contribution in [2.75, 3.05) is 13.2 Å². The normalized spacial score (nSPS) is 17.9. The summed E-state index contributed by atoms with van der Waals surface area (Å²) in [4.78, 5) is 3.94. The van der Waals surface area contributed by atoms with Crippen LogP contribution in [0.5, 0.6) is 0 Å². The minimum atomic E-state index is -0.0503. The van der Waals surface area contributed by atoms with Crippen molar-refractivity contribution in [2.24, 2.45) is 0 Å². The van der Waals surface area contributed by atoms with Crippen molar-refractivity contribution in [1.82, 2.24) is 4.98 Å². The van der Waals surface area contributed by atoms with E-state index in [0.29, 0.717) is 5.15 Å².